The zero-order valence-electron chi connectivity index (χ0n) is 8.57. The normalized spacial score (nSPS) is 19.3. The average Bonchev–Trinajstić information content (AvgIpc) is 2.14. The number of halogens is 3. The Morgan fingerprint density at radius 1 is 1.25 bits per heavy atom. The third-order valence-corrected chi connectivity index (χ3v) is 2.24. The number of alkyl halides is 3. The summed E-state index contributed by atoms with van der Waals surface area (Å²) < 4.78 is 36.1. The summed E-state index contributed by atoms with van der Waals surface area (Å²) in [5.41, 5.74) is 0. The molecule has 1 heterocycles. The molecule has 0 saturated carbocycles. The van der Waals surface area contributed by atoms with E-state index in [4.69, 9.17) is 5.11 Å². The fourth-order valence-corrected chi connectivity index (χ4v) is 1.49. The van der Waals surface area contributed by atoms with Gasteiger partial charge in [-0.2, -0.15) is 13.2 Å². The summed E-state index contributed by atoms with van der Waals surface area (Å²) in [5.74, 6) is -1.06. The van der Waals surface area contributed by atoms with Crippen molar-refractivity contribution in [3.8, 4) is 0 Å². The number of rotatable bonds is 3. The molecule has 0 aromatic heterocycles. The van der Waals surface area contributed by atoms with E-state index >= 15 is 0 Å². The Bertz CT molecular complexity index is 270. The van der Waals surface area contributed by atoms with Gasteiger partial charge in [0.25, 0.3) is 0 Å². The summed E-state index contributed by atoms with van der Waals surface area (Å²) in [6.07, 6.45) is -1.79. The minimum Gasteiger partial charge on any atom is -0.478 e. The standard InChI is InChI=1S/C9H13F3N2O2/c10-9(11,12)7-14-5-3-13(4-6-14)2-1-8(15)16/h1-2H,3-7H2,(H,15,16). The molecule has 92 valence electrons. The van der Waals surface area contributed by atoms with Crippen molar-refractivity contribution in [2.75, 3.05) is 32.7 Å². The van der Waals surface area contributed by atoms with Gasteiger partial charge in [0.05, 0.1) is 6.54 Å². The Labute approximate surface area is 90.9 Å². The smallest absolute Gasteiger partial charge is 0.401 e. The number of aliphatic carboxylic acids is 1. The highest BCUT2D eigenvalue weighted by molar-refractivity contribution is 5.79. The van der Waals surface area contributed by atoms with Crippen LogP contribution in [0.15, 0.2) is 12.3 Å². The molecule has 0 aliphatic carbocycles. The minimum absolute atomic E-state index is 0.295. The number of carboxylic acids is 1. The van der Waals surface area contributed by atoms with Crippen LogP contribution in [0.3, 0.4) is 0 Å². The summed E-state index contributed by atoms with van der Waals surface area (Å²) in [7, 11) is 0. The average molecular weight is 238 g/mol. The molecular formula is C9H13F3N2O2. The lowest BCUT2D eigenvalue weighted by Crippen LogP contribution is -2.47. The SMILES string of the molecule is O=C(O)C=CN1CCN(CC(F)(F)F)CC1. The third kappa shape index (κ3) is 5.01. The summed E-state index contributed by atoms with van der Waals surface area (Å²) in [5, 5.41) is 8.38. The van der Waals surface area contributed by atoms with Crippen LogP contribution in [0.1, 0.15) is 0 Å². The molecule has 1 fully saturated rings. The first-order valence-electron chi connectivity index (χ1n) is 4.81. The van der Waals surface area contributed by atoms with Crippen LogP contribution in [0.4, 0.5) is 13.2 Å². The predicted octanol–water partition coefficient (Wildman–Crippen LogP) is 0.765. The van der Waals surface area contributed by atoms with Crippen molar-refractivity contribution in [3.63, 3.8) is 0 Å². The monoisotopic (exact) mass is 238 g/mol. The highest BCUT2D eigenvalue weighted by Gasteiger charge is 2.31. The van der Waals surface area contributed by atoms with Crippen LogP contribution >= 0.6 is 0 Å². The first-order chi connectivity index (χ1) is 7.37. The van der Waals surface area contributed by atoms with Crippen LogP contribution in [0, 0.1) is 0 Å². The van der Waals surface area contributed by atoms with Gasteiger partial charge in [0.2, 0.25) is 0 Å². The lowest BCUT2D eigenvalue weighted by atomic mass is 10.3. The van der Waals surface area contributed by atoms with Crippen LogP contribution in [-0.4, -0.2) is 59.8 Å². The third-order valence-electron chi connectivity index (χ3n) is 2.24. The molecule has 7 heteroatoms. The molecule has 1 aliphatic heterocycles. The van der Waals surface area contributed by atoms with Gasteiger partial charge in [0.1, 0.15) is 0 Å². The van der Waals surface area contributed by atoms with Crippen LogP contribution in [-0.2, 0) is 4.79 Å². The number of hydrogen-bond acceptors (Lipinski definition) is 3. The maximum absolute atomic E-state index is 12.0. The second kappa shape index (κ2) is 5.20. The number of carbonyl (C=O) groups is 1. The van der Waals surface area contributed by atoms with Crippen LogP contribution in [0.5, 0.6) is 0 Å². The molecule has 1 saturated heterocycles. The van der Waals surface area contributed by atoms with Gasteiger partial charge < -0.3 is 10.0 Å². The molecule has 0 aromatic carbocycles. The fourth-order valence-electron chi connectivity index (χ4n) is 1.49. The van der Waals surface area contributed by atoms with Gasteiger partial charge in [0, 0.05) is 38.5 Å². The van der Waals surface area contributed by atoms with Gasteiger partial charge in [-0.05, 0) is 0 Å². The number of piperazine rings is 1. The van der Waals surface area contributed by atoms with Gasteiger partial charge in [-0.25, -0.2) is 4.79 Å². The zero-order chi connectivity index (χ0) is 12.2. The molecule has 0 atom stereocenters. The van der Waals surface area contributed by atoms with E-state index in [0.29, 0.717) is 26.2 Å². The van der Waals surface area contributed by atoms with Gasteiger partial charge in [-0.15, -0.1) is 0 Å². The van der Waals surface area contributed by atoms with Gasteiger partial charge in [-0.3, -0.25) is 4.90 Å². The summed E-state index contributed by atoms with van der Waals surface area (Å²) in [4.78, 5) is 13.2. The maximum atomic E-state index is 12.0. The number of carboxylic acid groups (broad SMARTS) is 1. The highest BCUT2D eigenvalue weighted by atomic mass is 19.4. The van der Waals surface area contributed by atoms with E-state index in [1.54, 1.807) is 4.90 Å². The molecule has 1 aliphatic rings. The maximum Gasteiger partial charge on any atom is 0.401 e. The highest BCUT2D eigenvalue weighted by Crippen LogP contribution is 2.17. The lowest BCUT2D eigenvalue weighted by molar-refractivity contribution is -0.148. The van der Waals surface area contributed by atoms with Crippen molar-refractivity contribution < 1.29 is 23.1 Å². The van der Waals surface area contributed by atoms with E-state index in [-0.39, 0.29) is 0 Å². The van der Waals surface area contributed by atoms with Crippen molar-refractivity contribution in [1.29, 1.82) is 0 Å². The zero-order valence-corrected chi connectivity index (χ0v) is 8.57. The summed E-state index contributed by atoms with van der Waals surface area (Å²) in [6.45, 7) is 0.524. The Morgan fingerprint density at radius 3 is 2.25 bits per heavy atom. The van der Waals surface area contributed by atoms with Crippen LogP contribution < -0.4 is 0 Å². The Morgan fingerprint density at radius 2 is 1.81 bits per heavy atom. The Balaban J connectivity index is 2.31. The molecule has 1 N–H and O–H groups in total. The van der Waals surface area contributed by atoms with Crippen molar-refractivity contribution in [2.24, 2.45) is 0 Å². The molecule has 0 radical (unpaired) electrons. The minimum atomic E-state index is -4.17. The van der Waals surface area contributed by atoms with E-state index < -0.39 is 18.7 Å². The van der Waals surface area contributed by atoms with Gasteiger partial charge in [-0.1, -0.05) is 0 Å². The van der Waals surface area contributed by atoms with E-state index in [9.17, 15) is 18.0 Å². The van der Waals surface area contributed by atoms with Crippen LogP contribution in [0.2, 0.25) is 0 Å². The molecule has 0 bridgehead atoms. The molecule has 0 unspecified atom stereocenters. The molecule has 1 rings (SSSR count). The van der Waals surface area contributed by atoms with E-state index in [0.717, 1.165) is 6.08 Å². The Kier molecular flexibility index (Phi) is 4.17. The lowest BCUT2D eigenvalue weighted by Gasteiger charge is -2.34. The second-order valence-electron chi connectivity index (χ2n) is 3.58. The predicted molar refractivity (Wildman–Crippen MR) is 50.8 cm³/mol. The van der Waals surface area contributed by atoms with Crippen molar-refractivity contribution >= 4 is 5.97 Å². The van der Waals surface area contributed by atoms with E-state index in [2.05, 4.69) is 0 Å². The van der Waals surface area contributed by atoms with Crippen molar-refractivity contribution in [3.05, 3.63) is 12.3 Å². The van der Waals surface area contributed by atoms with Crippen molar-refractivity contribution in [2.45, 2.75) is 6.18 Å². The van der Waals surface area contributed by atoms with E-state index in [1.807, 2.05) is 0 Å². The van der Waals surface area contributed by atoms with Gasteiger partial charge >= 0.3 is 12.1 Å². The quantitative estimate of drug-likeness (QED) is 0.737. The molecule has 0 aromatic rings. The second-order valence-corrected chi connectivity index (χ2v) is 3.58. The molecule has 4 nitrogen and oxygen atoms in total. The molecule has 16 heavy (non-hydrogen) atoms. The molecule has 0 spiro atoms. The number of hydrogen-bond donors (Lipinski definition) is 1. The Hall–Kier alpha value is -1.24. The fraction of sp³-hybridized carbons (Fsp3) is 0.667. The van der Waals surface area contributed by atoms with Gasteiger partial charge in [0.15, 0.2) is 0 Å². The molecule has 0 amide bonds. The summed E-state index contributed by atoms with van der Waals surface area (Å²) in [6, 6.07) is 0. The van der Waals surface area contributed by atoms with Crippen LogP contribution in [0.25, 0.3) is 0 Å². The largest absolute Gasteiger partial charge is 0.478 e. The first-order valence-corrected chi connectivity index (χ1v) is 4.81. The molecular weight excluding hydrogens is 225 g/mol. The topological polar surface area (TPSA) is 43.8 Å². The first kappa shape index (κ1) is 12.8. The van der Waals surface area contributed by atoms with Crippen molar-refractivity contribution in [1.82, 2.24) is 9.80 Å². The summed E-state index contributed by atoms with van der Waals surface area (Å²) >= 11 is 0. The van der Waals surface area contributed by atoms with E-state index in [1.165, 1.54) is 11.1 Å². The number of nitrogens with zero attached hydrogens (tertiary/aromatic N) is 2.